The van der Waals surface area contributed by atoms with Crippen LogP contribution in [0.5, 0.6) is 11.5 Å². The van der Waals surface area contributed by atoms with E-state index in [1.165, 1.54) is 14.2 Å². The summed E-state index contributed by atoms with van der Waals surface area (Å²) in [5.41, 5.74) is 2.06. The molecule has 0 aliphatic carbocycles. The minimum Gasteiger partial charge on any atom is -0.497 e. The Balaban J connectivity index is 1.94. The number of aryl methyl sites for hydroxylation is 1. The molecular weight excluding hydrogens is 356 g/mol. The van der Waals surface area contributed by atoms with Crippen molar-refractivity contribution < 1.29 is 19.1 Å². The average Bonchev–Trinajstić information content (AvgIpc) is 2.86. The van der Waals surface area contributed by atoms with Gasteiger partial charge >= 0.3 is 0 Å². The van der Waals surface area contributed by atoms with Crippen LogP contribution in [0.4, 0.5) is 11.4 Å². The summed E-state index contributed by atoms with van der Waals surface area (Å²) in [6, 6.07) is 12.2. The van der Waals surface area contributed by atoms with E-state index in [9.17, 15) is 9.59 Å². The number of carbonyl (C=O) groups excluding carboxylic acids is 2. The van der Waals surface area contributed by atoms with E-state index in [2.05, 4.69) is 5.32 Å². The van der Waals surface area contributed by atoms with E-state index >= 15 is 0 Å². The molecule has 0 radical (unpaired) electrons. The fourth-order valence-electron chi connectivity index (χ4n) is 2.58. The smallest absolute Gasteiger partial charge is 0.283 e. The summed E-state index contributed by atoms with van der Waals surface area (Å²) in [5, 5.41) is 2.76. The second-order valence-corrected chi connectivity index (χ2v) is 6.04. The Labute approximate surface area is 156 Å². The van der Waals surface area contributed by atoms with Crippen LogP contribution < -0.4 is 19.7 Å². The molecule has 7 heteroatoms. The number of hydrogen-bond acceptors (Lipinski definition) is 5. The Morgan fingerprint density at radius 1 is 0.962 bits per heavy atom. The van der Waals surface area contributed by atoms with Crippen molar-refractivity contribution in [1.29, 1.82) is 0 Å². The Hall–Kier alpha value is -2.99. The van der Waals surface area contributed by atoms with E-state index in [1.807, 2.05) is 19.1 Å². The molecule has 0 aromatic heterocycles. The van der Waals surface area contributed by atoms with Crippen molar-refractivity contribution in [3.8, 4) is 11.5 Å². The first-order valence-electron chi connectivity index (χ1n) is 7.80. The number of hydrogen-bond donors (Lipinski definition) is 1. The largest absolute Gasteiger partial charge is 0.497 e. The van der Waals surface area contributed by atoms with Crippen LogP contribution in [0.25, 0.3) is 0 Å². The Morgan fingerprint density at radius 2 is 1.65 bits per heavy atom. The van der Waals surface area contributed by atoms with Gasteiger partial charge in [0.15, 0.2) is 0 Å². The van der Waals surface area contributed by atoms with Crippen molar-refractivity contribution in [3.63, 3.8) is 0 Å². The zero-order valence-corrected chi connectivity index (χ0v) is 15.3. The predicted octanol–water partition coefficient (Wildman–Crippen LogP) is 3.45. The topological polar surface area (TPSA) is 67.9 Å². The Kier molecular flexibility index (Phi) is 4.86. The van der Waals surface area contributed by atoms with E-state index in [0.717, 1.165) is 10.5 Å². The number of amides is 2. The van der Waals surface area contributed by atoms with Gasteiger partial charge in [-0.25, -0.2) is 4.90 Å². The van der Waals surface area contributed by atoms with Gasteiger partial charge in [0, 0.05) is 11.8 Å². The molecule has 0 unspecified atom stereocenters. The lowest BCUT2D eigenvalue weighted by Crippen LogP contribution is -2.32. The van der Waals surface area contributed by atoms with Crippen LogP contribution in [0.2, 0.25) is 0 Å². The van der Waals surface area contributed by atoms with Crippen molar-refractivity contribution >= 4 is 34.8 Å². The van der Waals surface area contributed by atoms with Crippen LogP contribution >= 0.6 is 11.6 Å². The number of ether oxygens (including phenoxy) is 2. The summed E-state index contributed by atoms with van der Waals surface area (Å²) < 4.78 is 10.4. The normalized spacial score (nSPS) is 14.1. The van der Waals surface area contributed by atoms with Crippen molar-refractivity contribution in [2.75, 3.05) is 24.4 Å². The third-order valence-corrected chi connectivity index (χ3v) is 4.33. The lowest BCUT2D eigenvalue weighted by molar-refractivity contribution is -0.120. The second-order valence-electron chi connectivity index (χ2n) is 5.66. The van der Waals surface area contributed by atoms with E-state index in [-0.39, 0.29) is 10.7 Å². The summed E-state index contributed by atoms with van der Waals surface area (Å²) in [5.74, 6) is -0.298. The lowest BCUT2D eigenvalue weighted by Gasteiger charge is -2.18. The third-order valence-electron chi connectivity index (χ3n) is 3.98. The number of rotatable bonds is 5. The van der Waals surface area contributed by atoms with Gasteiger partial charge in [-0.2, -0.15) is 0 Å². The van der Waals surface area contributed by atoms with Crippen LogP contribution in [-0.2, 0) is 9.59 Å². The number of imide groups is 1. The molecule has 1 aliphatic rings. The van der Waals surface area contributed by atoms with Gasteiger partial charge in [-0.05, 0) is 31.2 Å². The van der Waals surface area contributed by atoms with Gasteiger partial charge in [0.25, 0.3) is 11.8 Å². The molecule has 0 saturated carbocycles. The summed E-state index contributed by atoms with van der Waals surface area (Å²) in [7, 11) is 2.96. The van der Waals surface area contributed by atoms with Gasteiger partial charge in [0.1, 0.15) is 22.2 Å². The molecule has 0 spiro atoms. The van der Waals surface area contributed by atoms with Gasteiger partial charge in [0.05, 0.1) is 19.9 Å². The minimum atomic E-state index is -0.616. The zero-order chi connectivity index (χ0) is 18.8. The monoisotopic (exact) mass is 372 g/mol. The molecule has 3 rings (SSSR count). The molecule has 1 heterocycles. The highest BCUT2D eigenvalue weighted by atomic mass is 35.5. The second kappa shape index (κ2) is 7.09. The predicted molar refractivity (Wildman–Crippen MR) is 99.7 cm³/mol. The molecule has 26 heavy (non-hydrogen) atoms. The van der Waals surface area contributed by atoms with E-state index in [0.29, 0.717) is 22.9 Å². The number of benzene rings is 2. The molecule has 6 nitrogen and oxygen atoms in total. The SMILES string of the molecule is COc1ccc(N2C(=O)C(Cl)=C(Nc3ccc(C)cc3)C2=O)c(OC)c1. The van der Waals surface area contributed by atoms with Crippen LogP contribution in [0.1, 0.15) is 5.56 Å². The maximum atomic E-state index is 12.8. The van der Waals surface area contributed by atoms with E-state index in [4.69, 9.17) is 21.1 Å². The van der Waals surface area contributed by atoms with Gasteiger partial charge in [0.2, 0.25) is 0 Å². The number of halogens is 1. The summed E-state index contributed by atoms with van der Waals surface area (Å²) in [4.78, 5) is 26.4. The summed E-state index contributed by atoms with van der Waals surface area (Å²) in [6.45, 7) is 1.96. The lowest BCUT2D eigenvalue weighted by atomic mass is 10.2. The van der Waals surface area contributed by atoms with Crippen LogP contribution in [0.15, 0.2) is 53.2 Å². The fourth-order valence-corrected chi connectivity index (χ4v) is 2.79. The Bertz CT molecular complexity index is 906. The molecule has 134 valence electrons. The molecule has 2 amide bonds. The maximum absolute atomic E-state index is 12.8. The number of methoxy groups -OCH3 is 2. The summed E-state index contributed by atoms with van der Waals surface area (Å²) >= 11 is 6.14. The van der Waals surface area contributed by atoms with Crippen molar-refractivity contribution in [2.45, 2.75) is 6.92 Å². The maximum Gasteiger partial charge on any atom is 0.283 e. The van der Waals surface area contributed by atoms with Gasteiger partial charge < -0.3 is 14.8 Å². The minimum absolute atomic E-state index is 0.0263. The van der Waals surface area contributed by atoms with Crippen molar-refractivity contribution in [3.05, 3.63) is 58.8 Å². The Morgan fingerprint density at radius 3 is 2.27 bits per heavy atom. The fraction of sp³-hybridized carbons (Fsp3) is 0.158. The standard InChI is InChI=1S/C19H17ClN2O4/c1-11-4-6-12(7-5-11)21-17-16(20)18(23)22(19(17)24)14-9-8-13(25-2)10-15(14)26-3/h4-10,21H,1-3H3. The molecule has 0 fully saturated rings. The molecule has 1 N–H and O–H groups in total. The highest BCUT2D eigenvalue weighted by Crippen LogP contribution is 2.37. The van der Waals surface area contributed by atoms with Gasteiger partial charge in [-0.15, -0.1) is 0 Å². The number of anilines is 2. The van der Waals surface area contributed by atoms with Crippen molar-refractivity contribution in [1.82, 2.24) is 0 Å². The molecule has 0 saturated heterocycles. The molecule has 0 atom stereocenters. The van der Waals surface area contributed by atoms with Gasteiger partial charge in [-0.1, -0.05) is 29.3 Å². The van der Waals surface area contributed by atoms with E-state index in [1.54, 1.807) is 30.3 Å². The van der Waals surface area contributed by atoms with Crippen LogP contribution in [0.3, 0.4) is 0 Å². The van der Waals surface area contributed by atoms with E-state index < -0.39 is 11.8 Å². The zero-order valence-electron chi connectivity index (χ0n) is 14.5. The van der Waals surface area contributed by atoms with Gasteiger partial charge in [-0.3, -0.25) is 9.59 Å². The molecule has 2 aromatic carbocycles. The highest BCUT2D eigenvalue weighted by Gasteiger charge is 2.40. The first-order chi connectivity index (χ1) is 12.5. The van der Waals surface area contributed by atoms with Crippen LogP contribution in [-0.4, -0.2) is 26.0 Å². The number of nitrogens with one attached hydrogen (secondary N) is 1. The first-order valence-corrected chi connectivity index (χ1v) is 8.18. The van der Waals surface area contributed by atoms with Crippen LogP contribution in [0, 0.1) is 6.92 Å². The molecule has 1 aliphatic heterocycles. The quantitative estimate of drug-likeness (QED) is 0.814. The molecule has 0 bridgehead atoms. The van der Waals surface area contributed by atoms with Crippen molar-refractivity contribution in [2.24, 2.45) is 0 Å². The number of nitrogens with zero attached hydrogens (tertiary/aromatic N) is 1. The molecular formula is C19H17ClN2O4. The average molecular weight is 373 g/mol. The number of carbonyl (C=O) groups is 2. The third kappa shape index (κ3) is 3.11. The highest BCUT2D eigenvalue weighted by molar-refractivity contribution is 6.53. The summed E-state index contributed by atoms with van der Waals surface area (Å²) in [6.07, 6.45) is 0. The first kappa shape index (κ1) is 17.8. The molecule has 2 aromatic rings.